The van der Waals surface area contributed by atoms with E-state index in [0.717, 1.165) is 10.2 Å². The maximum absolute atomic E-state index is 5.74. The van der Waals surface area contributed by atoms with Gasteiger partial charge in [-0.2, -0.15) is 0 Å². The van der Waals surface area contributed by atoms with Crippen LogP contribution in [0.3, 0.4) is 0 Å². The smallest absolute Gasteiger partial charge is 0.0490 e. The van der Waals surface area contributed by atoms with Gasteiger partial charge in [0, 0.05) is 19.9 Å². The average molecular weight is 282 g/mol. The summed E-state index contributed by atoms with van der Waals surface area (Å²) >= 11 is 5.39. The van der Waals surface area contributed by atoms with Crippen LogP contribution >= 0.6 is 27.3 Å². The largest absolute Gasteiger partial charge is 0.399 e. The second kappa shape index (κ2) is 3.99. The summed E-state index contributed by atoms with van der Waals surface area (Å²) in [5.41, 5.74) is 9.04. The van der Waals surface area contributed by atoms with Crippen LogP contribution in [0.5, 0.6) is 0 Å². The minimum atomic E-state index is 0.820. The van der Waals surface area contributed by atoms with Crippen molar-refractivity contribution < 1.29 is 0 Å². The molecule has 0 aliphatic heterocycles. The van der Waals surface area contributed by atoms with Crippen molar-refractivity contribution in [3.8, 4) is 10.4 Å². The van der Waals surface area contributed by atoms with E-state index in [2.05, 4.69) is 41.9 Å². The van der Waals surface area contributed by atoms with Crippen LogP contribution < -0.4 is 5.73 Å². The Bertz CT molecular complexity index is 502. The average Bonchev–Trinajstić information content (AvgIpc) is 2.45. The first-order chi connectivity index (χ1) is 7.08. The summed E-state index contributed by atoms with van der Waals surface area (Å²) in [6, 6.07) is 8.19. The number of thiophene rings is 1. The lowest BCUT2D eigenvalue weighted by Crippen LogP contribution is -1.87. The number of halogens is 1. The topological polar surface area (TPSA) is 26.0 Å². The van der Waals surface area contributed by atoms with Crippen molar-refractivity contribution in [2.45, 2.75) is 13.8 Å². The van der Waals surface area contributed by atoms with Gasteiger partial charge in [-0.05, 0) is 59.1 Å². The van der Waals surface area contributed by atoms with Crippen LogP contribution in [0.25, 0.3) is 10.4 Å². The molecule has 0 aliphatic carbocycles. The fourth-order valence-electron chi connectivity index (χ4n) is 1.61. The fraction of sp³-hybridized carbons (Fsp3) is 0.167. The highest BCUT2D eigenvalue weighted by Gasteiger charge is 2.09. The third kappa shape index (κ3) is 2.08. The predicted octanol–water partition coefficient (Wildman–Crippen LogP) is 4.38. The lowest BCUT2D eigenvalue weighted by Gasteiger charge is -2.05. The molecular formula is C12H12BrNS. The Morgan fingerprint density at radius 2 is 1.93 bits per heavy atom. The van der Waals surface area contributed by atoms with Gasteiger partial charge in [-0.25, -0.2) is 0 Å². The zero-order chi connectivity index (χ0) is 11.0. The van der Waals surface area contributed by atoms with Crippen molar-refractivity contribution in [3.63, 3.8) is 0 Å². The quantitative estimate of drug-likeness (QED) is 0.772. The molecule has 3 heteroatoms. The number of benzene rings is 1. The SMILES string of the molecule is Cc1cc(Br)c(-c2ccc(N)cc2C)s1. The highest BCUT2D eigenvalue weighted by atomic mass is 79.9. The Morgan fingerprint density at radius 3 is 2.47 bits per heavy atom. The molecule has 1 heterocycles. The molecule has 0 spiro atoms. The molecule has 0 amide bonds. The molecule has 0 fully saturated rings. The number of nitrogen functional groups attached to an aromatic ring is 1. The van der Waals surface area contributed by atoms with Gasteiger partial charge in [0.05, 0.1) is 0 Å². The Kier molecular flexibility index (Phi) is 2.85. The molecule has 1 aromatic carbocycles. The van der Waals surface area contributed by atoms with Crippen LogP contribution in [0.15, 0.2) is 28.7 Å². The molecule has 0 radical (unpaired) electrons. The number of anilines is 1. The molecule has 1 aromatic heterocycles. The standard InChI is InChI=1S/C12H12BrNS/c1-7-5-9(14)3-4-10(7)12-11(13)6-8(2)15-12/h3-6H,14H2,1-2H3. The Labute approximate surface area is 102 Å². The van der Waals surface area contributed by atoms with E-state index >= 15 is 0 Å². The lowest BCUT2D eigenvalue weighted by molar-refractivity contribution is 1.47. The number of hydrogen-bond donors (Lipinski definition) is 1. The van der Waals surface area contributed by atoms with Gasteiger partial charge in [-0.1, -0.05) is 6.07 Å². The van der Waals surface area contributed by atoms with E-state index in [-0.39, 0.29) is 0 Å². The van der Waals surface area contributed by atoms with E-state index in [1.807, 2.05) is 12.1 Å². The molecule has 0 atom stereocenters. The summed E-state index contributed by atoms with van der Waals surface area (Å²) in [5, 5.41) is 0. The van der Waals surface area contributed by atoms with E-state index in [1.165, 1.54) is 20.9 Å². The first-order valence-corrected chi connectivity index (χ1v) is 6.31. The van der Waals surface area contributed by atoms with E-state index in [0.29, 0.717) is 0 Å². The zero-order valence-corrected chi connectivity index (χ0v) is 11.1. The minimum absolute atomic E-state index is 0.820. The minimum Gasteiger partial charge on any atom is -0.399 e. The van der Waals surface area contributed by atoms with Gasteiger partial charge in [0.25, 0.3) is 0 Å². The molecule has 0 unspecified atom stereocenters. The zero-order valence-electron chi connectivity index (χ0n) is 8.67. The van der Waals surface area contributed by atoms with Crippen molar-refractivity contribution in [1.82, 2.24) is 0 Å². The van der Waals surface area contributed by atoms with Gasteiger partial charge in [0.1, 0.15) is 0 Å². The van der Waals surface area contributed by atoms with Gasteiger partial charge in [-0.15, -0.1) is 11.3 Å². The van der Waals surface area contributed by atoms with Crippen molar-refractivity contribution >= 4 is 33.0 Å². The number of hydrogen-bond acceptors (Lipinski definition) is 2. The third-order valence-corrected chi connectivity index (χ3v) is 4.28. The monoisotopic (exact) mass is 281 g/mol. The second-order valence-corrected chi connectivity index (χ2v) is 5.72. The number of nitrogens with two attached hydrogens (primary N) is 1. The fourth-order valence-corrected chi connectivity index (χ4v) is 3.55. The van der Waals surface area contributed by atoms with Crippen LogP contribution in [-0.2, 0) is 0 Å². The van der Waals surface area contributed by atoms with Gasteiger partial charge < -0.3 is 5.73 Å². The number of aryl methyl sites for hydroxylation is 2. The van der Waals surface area contributed by atoms with Gasteiger partial charge in [0.2, 0.25) is 0 Å². The Balaban J connectivity index is 2.59. The van der Waals surface area contributed by atoms with Crippen LogP contribution in [0, 0.1) is 13.8 Å². The third-order valence-electron chi connectivity index (χ3n) is 2.31. The highest BCUT2D eigenvalue weighted by Crippen LogP contribution is 2.38. The summed E-state index contributed by atoms with van der Waals surface area (Å²) in [6.45, 7) is 4.21. The predicted molar refractivity (Wildman–Crippen MR) is 71.3 cm³/mol. The molecular weight excluding hydrogens is 270 g/mol. The van der Waals surface area contributed by atoms with E-state index in [1.54, 1.807) is 11.3 Å². The summed E-state index contributed by atoms with van der Waals surface area (Å²) in [4.78, 5) is 2.60. The summed E-state index contributed by atoms with van der Waals surface area (Å²) < 4.78 is 1.16. The molecule has 2 N–H and O–H groups in total. The lowest BCUT2D eigenvalue weighted by atomic mass is 10.1. The maximum atomic E-state index is 5.74. The molecule has 1 nitrogen and oxygen atoms in total. The Hall–Kier alpha value is -0.800. The van der Waals surface area contributed by atoms with Gasteiger partial charge in [0.15, 0.2) is 0 Å². The van der Waals surface area contributed by atoms with Crippen LogP contribution in [0.2, 0.25) is 0 Å². The summed E-state index contributed by atoms with van der Waals surface area (Å²) in [6.07, 6.45) is 0. The molecule has 0 saturated heterocycles. The van der Waals surface area contributed by atoms with E-state index in [4.69, 9.17) is 5.73 Å². The molecule has 0 bridgehead atoms. The molecule has 78 valence electrons. The van der Waals surface area contributed by atoms with Gasteiger partial charge >= 0.3 is 0 Å². The Morgan fingerprint density at radius 1 is 1.20 bits per heavy atom. The normalized spacial score (nSPS) is 10.6. The van der Waals surface area contributed by atoms with Crippen molar-refractivity contribution in [2.75, 3.05) is 5.73 Å². The van der Waals surface area contributed by atoms with E-state index in [9.17, 15) is 0 Å². The first-order valence-electron chi connectivity index (χ1n) is 4.70. The summed E-state index contributed by atoms with van der Waals surface area (Å²) in [7, 11) is 0. The van der Waals surface area contributed by atoms with Gasteiger partial charge in [-0.3, -0.25) is 0 Å². The van der Waals surface area contributed by atoms with E-state index < -0.39 is 0 Å². The van der Waals surface area contributed by atoms with Crippen LogP contribution in [0.4, 0.5) is 5.69 Å². The van der Waals surface area contributed by atoms with Crippen molar-refractivity contribution in [2.24, 2.45) is 0 Å². The molecule has 15 heavy (non-hydrogen) atoms. The van der Waals surface area contributed by atoms with Crippen molar-refractivity contribution in [3.05, 3.63) is 39.2 Å². The highest BCUT2D eigenvalue weighted by molar-refractivity contribution is 9.10. The second-order valence-electron chi connectivity index (χ2n) is 3.61. The van der Waals surface area contributed by atoms with Crippen molar-refractivity contribution in [1.29, 1.82) is 0 Å². The van der Waals surface area contributed by atoms with Crippen LogP contribution in [0.1, 0.15) is 10.4 Å². The molecule has 0 saturated carbocycles. The number of rotatable bonds is 1. The maximum Gasteiger partial charge on any atom is 0.0490 e. The first kappa shape index (κ1) is 10.7. The molecule has 2 rings (SSSR count). The molecule has 0 aliphatic rings. The molecule has 2 aromatic rings. The van der Waals surface area contributed by atoms with Crippen LogP contribution in [-0.4, -0.2) is 0 Å². The summed E-state index contributed by atoms with van der Waals surface area (Å²) in [5.74, 6) is 0.